The maximum Gasteiger partial charge on any atom is 0.422 e. The first kappa shape index (κ1) is 14.1. The summed E-state index contributed by atoms with van der Waals surface area (Å²) in [4.78, 5) is 12.8. The number of alkyl halides is 3. The Kier molecular flexibility index (Phi) is 4.05. The molecule has 1 N–H and O–H groups in total. The summed E-state index contributed by atoms with van der Waals surface area (Å²) in [7, 11) is 3.01. The molecule has 0 unspecified atom stereocenters. The fraction of sp³-hybridized carbons (Fsp3) is 0.364. The van der Waals surface area contributed by atoms with Crippen LogP contribution in [0.3, 0.4) is 0 Å². The van der Waals surface area contributed by atoms with Crippen LogP contribution in [0, 0.1) is 0 Å². The highest BCUT2D eigenvalue weighted by atomic mass is 19.4. The van der Waals surface area contributed by atoms with Crippen molar-refractivity contribution in [3.05, 3.63) is 23.8 Å². The molecule has 0 saturated carbocycles. The molecule has 0 saturated heterocycles. The van der Waals surface area contributed by atoms with Gasteiger partial charge >= 0.3 is 6.18 Å². The molecule has 7 heteroatoms. The number of benzene rings is 1. The molecule has 0 radical (unpaired) electrons. The molecule has 0 spiro atoms. The molecule has 0 aliphatic rings. The highest BCUT2D eigenvalue weighted by Crippen LogP contribution is 2.29. The van der Waals surface area contributed by atoms with Crippen LogP contribution in [0.1, 0.15) is 10.4 Å². The summed E-state index contributed by atoms with van der Waals surface area (Å²) in [5.41, 5.74) is 0.134. The van der Waals surface area contributed by atoms with Gasteiger partial charge in [-0.2, -0.15) is 13.2 Å². The molecule has 1 aromatic carbocycles. The number of nitrogens with zero attached hydrogens (tertiary/aromatic N) is 1. The van der Waals surface area contributed by atoms with Gasteiger partial charge in [-0.15, -0.1) is 0 Å². The van der Waals surface area contributed by atoms with E-state index in [0.717, 1.165) is 12.1 Å². The van der Waals surface area contributed by atoms with Crippen LogP contribution in [-0.2, 0) is 0 Å². The number of aromatic hydroxyl groups is 1. The van der Waals surface area contributed by atoms with E-state index in [1.807, 2.05) is 0 Å². The SMILES string of the molecule is CN(C)C(=O)c1ccc(O)c(OCC(F)(F)F)c1. The molecule has 100 valence electrons. The van der Waals surface area contributed by atoms with Crippen LogP contribution in [0.4, 0.5) is 13.2 Å². The molecule has 0 atom stereocenters. The summed E-state index contributed by atoms with van der Waals surface area (Å²) in [6.07, 6.45) is -4.51. The molecular weight excluding hydrogens is 251 g/mol. The van der Waals surface area contributed by atoms with E-state index in [2.05, 4.69) is 4.74 Å². The summed E-state index contributed by atoms with van der Waals surface area (Å²) in [6, 6.07) is 3.49. The van der Waals surface area contributed by atoms with Gasteiger partial charge < -0.3 is 14.7 Å². The minimum absolute atomic E-state index is 0.134. The van der Waals surface area contributed by atoms with Gasteiger partial charge in [-0.3, -0.25) is 4.79 Å². The van der Waals surface area contributed by atoms with E-state index in [1.54, 1.807) is 0 Å². The molecule has 1 amide bonds. The second kappa shape index (κ2) is 5.16. The maximum atomic E-state index is 12.0. The Morgan fingerprint density at radius 2 is 2.00 bits per heavy atom. The van der Waals surface area contributed by atoms with Crippen LogP contribution in [-0.4, -0.2) is 42.8 Å². The fourth-order valence-electron chi connectivity index (χ4n) is 1.18. The Balaban J connectivity index is 2.91. The number of rotatable bonds is 3. The van der Waals surface area contributed by atoms with E-state index in [1.165, 1.54) is 25.1 Å². The van der Waals surface area contributed by atoms with Crippen molar-refractivity contribution in [2.75, 3.05) is 20.7 Å². The molecule has 0 aliphatic carbocycles. The standard InChI is InChI=1S/C11H12F3NO3/c1-15(2)10(17)7-3-4-8(16)9(5-7)18-6-11(12,13)14/h3-5,16H,6H2,1-2H3. The molecular formula is C11H12F3NO3. The minimum Gasteiger partial charge on any atom is -0.504 e. The van der Waals surface area contributed by atoms with Gasteiger partial charge in [-0.25, -0.2) is 0 Å². The molecule has 0 heterocycles. The number of phenols is 1. The van der Waals surface area contributed by atoms with Crippen LogP contribution in [0.5, 0.6) is 11.5 Å². The third-order valence-corrected chi connectivity index (χ3v) is 2.00. The lowest BCUT2D eigenvalue weighted by Crippen LogP contribution is -2.22. The van der Waals surface area contributed by atoms with E-state index in [9.17, 15) is 23.1 Å². The van der Waals surface area contributed by atoms with Gasteiger partial charge in [0.15, 0.2) is 18.1 Å². The third-order valence-electron chi connectivity index (χ3n) is 2.00. The minimum atomic E-state index is -4.51. The van der Waals surface area contributed by atoms with Gasteiger partial charge in [0.2, 0.25) is 0 Å². The van der Waals surface area contributed by atoms with Gasteiger partial charge in [0.25, 0.3) is 5.91 Å². The highest BCUT2D eigenvalue weighted by Gasteiger charge is 2.29. The van der Waals surface area contributed by atoms with Crippen molar-refractivity contribution in [1.29, 1.82) is 0 Å². The lowest BCUT2D eigenvalue weighted by molar-refractivity contribution is -0.153. The van der Waals surface area contributed by atoms with E-state index in [0.29, 0.717) is 0 Å². The summed E-state index contributed by atoms with van der Waals surface area (Å²) in [5.74, 6) is -1.22. The normalized spacial score (nSPS) is 11.2. The molecule has 4 nitrogen and oxygen atoms in total. The lowest BCUT2D eigenvalue weighted by Gasteiger charge is -2.13. The summed E-state index contributed by atoms with van der Waals surface area (Å²) >= 11 is 0. The largest absolute Gasteiger partial charge is 0.504 e. The van der Waals surface area contributed by atoms with Gasteiger partial charge in [-0.1, -0.05) is 0 Å². The van der Waals surface area contributed by atoms with Crippen molar-refractivity contribution in [2.24, 2.45) is 0 Å². The van der Waals surface area contributed by atoms with Crippen LogP contribution < -0.4 is 4.74 Å². The zero-order valence-corrected chi connectivity index (χ0v) is 9.78. The molecule has 0 aromatic heterocycles. The van der Waals surface area contributed by atoms with Crippen molar-refractivity contribution in [1.82, 2.24) is 4.90 Å². The average Bonchev–Trinajstić information content (AvgIpc) is 2.25. The Hall–Kier alpha value is -1.92. The number of halogens is 3. The van der Waals surface area contributed by atoms with Crippen molar-refractivity contribution >= 4 is 5.91 Å². The smallest absolute Gasteiger partial charge is 0.422 e. The number of amides is 1. The van der Waals surface area contributed by atoms with Crippen LogP contribution >= 0.6 is 0 Å². The summed E-state index contributed by atoms with van der Waals surface area (Å²) < 4.78 is 40.4. The Labute approximate surface area is 102 Å². The Morgan fingerprint density at radius 1 is 1.39 bits per heavy atom. The molecule has 0 bridgehead atoms. The average molecular weight is 263 g/mol. The van der Waals surface area contributed by atoms with E-state index in [-0.39, 0.29) is 11.3 Å². The van der Waals surface area contributed by atoms with Crippen molar-refractivity contribution in [3.8, 4) is 11.5 Å². The summed E-state index contributed by atoms with van der Waals surface area (Å²) in [6.45, 7) is -1.53. The first-order valence-corrected chi connectivity index (χ1v) is 4.95. The van der Waals surface area contributed by atoms with Crippen LogP contribution in [0.2, 0.25) is 0 Å². The Morgan fingerprint density at radius 3 is 2.50 bits per heavy atom. The van der Waals surface area contributed by atoms with E-state index >= 15 is 0 Å². The zero-order valence-electron chi connectivity index (χ0n) is 9.78. The number of phenolic OH excluding ortho intramolecular Hbond substituents is 1. The fourth-order valence-corrected chi connectivity index (χ4v) is 1.18. The van der Waals surface area contributed by atoms with Crippen molar-refractivity contribution in [2.45, 2.75) is 6.18 Å². The topological polar surface area (TPSA) is 49.8 Å². The number of hydrogen-bond donors (Lipinski definition) is 1. The number of hydrogen-bond acceptors (Lipinski definition) is 3. The molecule has 0 aliphatic heterocycles. The first-order chi connectivity index (χ1) is 8.20. The van der Waals surface area contributed by atoms with Crippen LogP contribution in [0.25, 0.3) is 0 Å². The molecule has 1 rings (SSSR count). The summed E-state index contributed by atoms with van der Waals surface area (Å²) in [5, 5.41) is 9.33. The second-order valence-electron chi connectivity index (χ2n) is 3.79. The van der Waals surface area contributed by atoms with Gasteiger partial charge in [0, 0.05) is 19.7 Å². The third kappa shape index (κ3) is 3.83. The zero-order chi connectivity index (χ0) is 13.9. The number of carbonyl (C=O) groups excluding carboxylic acids is 1. The molecule has 0 fully saturated rings. The second-order valence-corrected chi connectivity index (χ2v) is 3.79. The van der Waals surface area contributed by atoms with Gasteiger partial charge in [0.1, 0.15) is 0 Å². The highest BCUT2D eigenvalue weighted by molar-refractivity contribution is 5.94. The molecule has 1 aromatic rings. The lowest BCUT2D eigenvalue weighted by atomic mass is 10.2. The maximum absolute atomic E-state index is 12.0. The van der Waals surface area contributed by atoms with Crippen LogP contribution in [0.15, 0.2) is 18.2 Å². The Bertz CT molecular complexity index is 444. The predicted octanol–water partition coefficient (Wildman–Crippen LogP) is 2.04. The van der Waals surface area contributed by atoms with Crippen molar-refractivity contribution in [3.63, 3.8) is 0 Å². The quantitative estimate of drug-likeness (QED) is 0.907. The van der Waals surface area contributed by atoms with E-state index < -0.39 is 24.4 Å². The van der Waals surface area contributed by atoms with E-state index in [4.69, 9.17) is 0 Å². The first-order valence-electron chi connectivity index (χ1n) is 4.95. The number of carbonyl (C=O) groups is 1. The number of ether oxygens (including phenoxy) is 1. The van der Waals surface area contributed by atoms with Crippen molar-refractivity contribution < 1.29 is 27.8 Å². The molecule has 18 heavy (non-hydrogen) atoms. The predicted molar refractivity (Wildman–Crippen MR) is 57.7 cm³/mol. The van der Waals surface area contributed by atoms with Gasteiger partial charge in [-0.05, 0) is 18.2 Å². The van der Waals surface area contributed by atoms with Gasteiger partial charge in [0.05, 0.1) is 0 Å². The monoisotopic (exact) mass is 263 g/mol.